The number of halogens is 1. The molecule has 0 bridgehead atoms. The number of hydrogen-bond donors (Lipinski definition) is 1. The highest BCUT2D eigenvalue weighted by Gasteiger charge is 2.19. The lowest BCUT2D eigenvalue weighted by Gasteiger charge is -2.18. The third-order valence-electron chi connectivity index (χ3n) is 5.23. The summed E-state index contributed by atoms with van der Waals surface area (Å²) in [5.41, 5.74) is 3.66. The second-order valence-electron chi connectivity index (χ2n) is 7.67. The molecule has 1 atom stereocenters. The summed E-state index contributed by atoms with van der Waals surface area (Å²) in [6, 6.07) is 14.4. The smallest absolute Gasteiger partial charge is 0.267 e. The number of aromatic nitrogens is 1. The molecule has 2 heterocycles. The van der Waals surface area contributed by atoms with E-state index in [2.05, 4.69) is 34.3 Å². The highest BCUT2D eigenvalue weighted by molar-refractivity contribution is 7.14. The van der Waals surface area contributed by atoms with Gasteiger partial charge in [-0.2, -0.15) is 0 Å². The number of benzene rings is 2. The number of carbonyl (C=O) groups excluding carboxylic acids is 1. The van der Waals surface area contributed by atoms with Crippen LogP contribution in [0.2, 0.25) is 0 Å². The maximum atomic E-state index is 13.1. The van der Waals surface area contributed by atoms with Gasteiger partial charge in [-0.25, -0.2) is 9.37 Å². The first kappa shape index (κ1) is 19.6. The number of nitrogens with zero attached hydrogens (tertiary/aromatic N) is 2. The first-order chi connectivity index (χ1) is 14.0. The van der Waals surface area contributed by atoms with Gasteiger partial charge in [0.1, 0.15) is 10.7 Å². The Kier molecular flexibility index (Phi) is 5.62. The van der Waals surface area contributed by atoms with Crippen molar-refractivity contribution in [2.75, 3.05) is 23.3 Å². The van der Waals surface area contributed by atoms with Gasteiger partial charge >= 0.3 is 0 Å². The first-order valence-electron chi connectivity index (χ1n) is 9.85. The molecule has 1 fully saturated rings. The maximum absolute atomic E-state index is 13.1. The molecule has 1 amide bonds. The van der Waals surface area contributed by atoms with Gasteiger partial charge in [0.05, 0.1) is 10.7 Å². The van der Waals surface area contributed by atoms with Crippen LogP contribution >= 0.6 is 11.3 Å². The maximum Gasteiger partial charge on any atom is 0.267 e. The van der Waals surface area contributed by atoms with Crippen LogP contribution in [0, 0.1) is 18.7 Å². The molecule has 29 heavy (non-hydrogen) atoms. The van der Waals surface area contributed by atoms with E-state index >= 15 is 0 Å². The standard InChI is InChI=1S/C23H24FN3OS/c1-15-11-12-27(14-15)20-9-7-19(8-10-20)26-23(28)22-16(2)25-21(29-22)13-17-3-5-18(24)6-4-17/h3-10,15H,11-14H2,1-2H3,(H,26,28). The molecule has 4 rings (SSSR count). The molecule has 6 heteroatoms. The molecule has 1 aliphatic rings. The Labute approximate surface area is 174 Å². The number of aryl methyl sites for hydroxylation is 1. The molecule has 0 radical (unpaired) electrons. The van der Waals surface area contributed by atoms with Gasteiger partial charge in [0.2, 0.25) is 0 Å². The van der Waals surface area contributed by atoms with Crippen LogP contribution in [0.5, 0.6) is 0 Å². The fourth-order valence-electron chi connectivity index (χ4n) is 3.63. The SMILES string of the molecule is Cc1nc(Cc2ccc(F)cc2)sc1C(=O)Nc1ccc(N2CCC(C)C2)cc1. The zero-order chi connectivity index (χ0) is 20.4. The summed E-state index contributed by atoms with van der Waals surface area (Å²) in [5.74, 6) is 0.329. The van der Waals surface area contributed by atoms with Crippen LogP contribution in [0.15, 0.2) is 48.5 Å². The van der Waals surface area contributed by atoms with Crippen molar-refractivity contribution >= 4 is 28.6 Å². The lowest BCUT2D eigenvalue weighted by atomic mass is 10.1. The van der Waals surface area contributed by atoms with E-state index in [1.54, 1.807) is 12.1 Å². The van der Waals surface area contributed by atoms with Crippen molar-refractivity contribution in [1.82, 2.24) is 4.98 Å². The van der Waals surface area contributed by atoms with Crippen molar-refractivity contribution in [3.8, 4) is 0 Å². The summed E-state index contributed by atoms with van der Waals surface area (Å²) in [4.78, 5) is 20.2. The molecule has 1 unspecified atom stereocenters. The third kappa shape index (κ3) is 4.65. The summed E-state index contributed by atoms with van der Waals surface area (Å²) < 4.78 is 13.1. The highest BCUT2D eigenvalue weighted by atomic mass is 32.1. The third-order valence-corrected chi connectivity index (χ3v) is 6.39. The van der Waals surface area contributed by atoms with Crippen molar-refractivity contribution in [1.29, 1.82) is 0 Å². The number of anilines is 2. The lowest BCUT2D eigenvalue weighted by molar-refractivity contribution is 0.103. The second-order valence-corrected chi connectivity index (χ2v) is 8.75. The molecule has 1 saturated heterocycles. The molecule has 0 aliphatic carbocycles. The van der Waals surface area contributed by atoms with E-state index in [0.29, 0.717) is 17.0 Å². The number of hydrogen-bond acceptors (Lipinski definition) is 4. The predicted octanol–water partition coefficient (Wildman–Crippen LogP) is 5.28. The van der Waals surface area contributed by atoms with Crippen molar-refractivity contribution in [2.45, 2.75) is 26.7 Å². The Hall–Kier alpha value is -2.73. The van der Waals surface area contributed by atoms with Gasteiger partial charge in [-0.3, -0.25) is 4.79 Å². The average Bonchev–Trinajstić information content (AvgIpc) is 3.30. The van der Waals surface area contributed by atoms with Crippen LogP contribution in [-0.2, 0) is 6.42 Å². The Morgan fingerprint density at radius 1 is 1.21 bits per heavy atom. The van der Waals surface area contributed by atoms with Crippen LogP contribution in [0.4, 0.5) is 15.8 Å². The molecular weight excluding hydrogens is 385 g/mol. The lowest BCUT2D eigenvalue weighted by Crippen LogP contribution is -2.19. The van der Waals surface area contributed by atoms with E-state index < -0.39 is 0 Å². The van der Waals surface area contributed by atoms with Crippen molar-refractivity contribution < 1.29 is 9.18 Å². The number of nitrogens with one attached hydrogen (secondary N) is 1. The van der Waals surface area contributed by atoms with Gasteiger partial charge in [0.25, 0.3) is 5.91 Å². The molecule has 1 N–H and O–H groups in total. The Morgan fingerprint density at radius 2 is 1.93 bits per heavy atom. The van der Waals surface area contributed by atoms with Gasteiger partial charge in [0, 0.05) is 30.9 Å². The minimum atomic E-state index is -0.255. The average molecular weight is 410 g/mol. The fourth-order valence-corrected chi connectivity index (χ4v) is 4.62. The van der Waals surface area contributed by atoms with Crippen LogP contribution < -0.4 is 10.2 Å². The largest absolute Gasteiger partial charge is 0.371 e. The van der Waals surface area contributed by atoms with Gasteiger partial charge in [-0.1, -0.05) is 19.1 Å². The van der Waals surface area contributed by atoms with E-state index in [0.717, 1.165) is 35.3 Å². The van der Waals surface area contributed by atoms with Crippen molar-refractivity contribution in [3.63, 3.8) is 0 Å². The van der Waals surface area contributed by atoms with Gasteiger partial charge in [-0.15, -0.1) is 11.3 Å². The Balaban J connectivity index is 1.41. The first-order valence-corrected chi connectivity index (χ1v) is 10.7. The summed E-state index contributed by atoms with van der Waals surface area (Å²) in [7, 11) is 0. The molecule has 0 spiro atoms. The molecule has 1 aromatic heterocycles. The van der Waals surface area contributed by atoms with E-state index in [1.165, 1.54) is 35.6 Å². The predicted molar refractivity (Wildman–Crippen MR) is 116 cm³/mol. The topological polar surface area (TPSA) is 45.2 Å². The van der Waals surface area contributed by atoms with E-state index in [4.69, 9.17) is 0 Å². The van der Waals surface area contributed by atoms with E-state index in [-0.39, 0.29) is 11.7 Å². The minimum Gasteiger partial charge on any atom is -0.371 e. The van der Waals surface area contributed by atoms with Crippen molar-refractivity contribution in [3.05, 3.63) is 75.5 Å². The van der Waals surface area contributed by atoms with Crippen molar-refractivity contribution in [2.24, 2.45) is 5.92 Å². The Bertz CT molecular complexity index is 998. The van der Waals surface area contributed by atoms with Crippen LogP contribution in [0.25, 0.3) is 0 Å². The Morgan fingerprint density at radius 3 is 2.59 bits per heavy atom. The number of thiazole rings is 1. The normalized spacial score (nSPS) is 16.2. The molecule has 0 saturated carbocycles. The molecule has 1 aliphatic heterocycles. The fraction of sp³-hybridized carbons (Fsp3) is 0.304. The monoisotopic (exact) mass is 409 g/mol. The number of rotatable bonds is 5. The van der Waals surface area contributed by atoms with Gasteiger partial charge in [-0.05, 0) is 61.2 Å². The summed E-state index contributed by atoms with van der Waals surface area (Å²) >= 11 is 1.38. The molecule has 3 aromatic rings. The number of carbonyl (C=O) groups is 1. The van der Waals surface area contributed by atoms with Crippen LogP contribution in [0.1, 0.15) is 39.3 Å². The zero-order valence-corrected chi connectivity index (χ0v) is 17.4. The van der Waals surface area contributed by atoms with E-state index in [9.17, 15) is 9.18 Å². The summed E-state index contributed by atoms with van der Waals surface area (Å²) in [6.07, 6.45) is 1.81. The van der Waals surface area contributed by atoms with Crippen LogP contribution in [-0.4, -0.2) is 24.0 Å². The second kappa shape index (κ2) is 8.33. The molecule has 2 aromatic carbocycles. The summed E-state index contributed by atoms with van der Waals surface area (Å²) in [5, 5.41) is 3.82. The minimum absolute atomic E-state index is 0.145. The van der Waals surface area contributed by atoms with Gasteiger partial charge in [0.15, 0.2) is 0 Å². The molecule has 4 nitrogen and oxygen atoms in total. The highest BCUT2D eigenvalue weighted by Crippen LogP contribution is 2.26. The van der Waals surface area contributed by atoms with Gasteiger partial charge < -0.3 is 10.2 Å². The molecular formula is C23H24FN3OS. The molecule has 150 valence electrons. The van der Waals surface area contributed by atoms with E-state index in [1.807, 2.05) is 19.1 Å². The summed E-state index contributed by atoms with van der Waals surface area (Å²) in [6.45, 7) is 6.29. The zero-order valence-electron chi connectivity index (χ0n) is 16.6. The van der Waals surface area contributed by atoms with Crippen LogP contribution in [0.3, 0.4) is 0 Å². The number of amides is 1. The quantitative estimate of drug-likeness (QED) is 0.624.